The molecular formula is C19H26N2O5S. The highest BCUT2D eigenvalue weighted by molar-refractivity contribution is 7.89. The minimum atomic E-state index is -3.46. The summed E-state index contributed by atoms with van der Waals surface area (Å²) in [6.07, 6.45) is 3.82. The van der Waals surface area contributed by atoms with Crippen LogP contribution < -0.4 is 4.72 Å². The average Bonchev–Trinajstić information content (AvgIpc) is 3.43. The Morgan fingerprint density at radius 1 is 1.26 bits per heavy atom. The van der Waals surface area contributed by atoms with Crippen LogP contribution in [0.25, 0.3) is 0 Å². The Labute approximate surface area is 159 Å². The van der Waals surface area contributed by atoms with Gasteiger partial charge in [0.15, 0.2) is 0 Å². The topological polar surface area (TPSA) is 104 Å². The van der Waals surface area contributed by atoms with Gasteiger partial charge in [-0.25, -0.2) is 13.1 Å². The molecule has 0 radical (unpaired) electrons. The summed E-state index contributed by atoms with van der Waals surface area (Å²) in [5, 5.41) is 9.36. The molecule has 3 rings (SSSR count). The van der Waals surface area contributed by atoms with Gasteiger partial charge in [0.2, 0.25) is 15.9 Å². The number of likely N-dealkylation sites (tertiary alicyclic amines) is 1. The maximum absolute atomic E-state index is 12.5. The largest absolute Gasteiger partial charge is 0.481 e. The van der Waals surface area contributed by atoms with Gasteiger partial charge < -0.3 is 10.0 Å². The Morgan fingerprint density at radius 2 is 1.93 bits per heavy atom. The number of nitrogens with zero attached hydrogens (tertiary/aromatic N) is 1. The predicted octanol–water partition coefficient (Wildman–Crippen LogP) is 1.77. The first-order valence-corrected chi connectivity index (χ1v) is 10.8. The first-order chi connectivity index (χ1) is 12.7. The van der Waals surface area contributed by atoms with E-state index in [4.69, 9.17) is 0 Å². The van der Waals surface area contributed by atoms with Gasteiger partial charge >= 0.3 is 5.97 Å². The highest BCUT2D eigenvalue weighted by atomic mass is 32.2. The highest BCUT2D eigenvalue weighted by Gasteiger charge is 2.39. The maximum atomic E-state index is 12.5. The second-order valence-corrected chi connectivity index (χ2v) is 9.54. The molecule has 1 aliphatic carbocycles. The number of benzene rings is 1. The van der Waals surface area contributed by atoms with Crippen LogP contribution in [0.2, 0.25) is 0 Å². The lowest BCUT2D eigenvalue weighted by molar-refractivity contribution is -0.153. The summed E-state index contributed by atoms with van der Waals surface area (Å²) >= 11 is 0. The number of nitrogens with one attached hydrogen (secondary N) is 1. The molecule has 2 N–H and O–H groups in total. The van der Waals surface area contributed by atoms with Gasteiger partial charge in [0.1, 0.15) is 0 Å². The molecule has 1 saturated heterocycles. The number of amides is 1. The number of aryl methyl sites for hydroxylation is 1. The van der Waals surface area contributed by atoms with Crippen LogP contribution in [0.4, 0.5) is 0 Å². The number of carboxylic acids is 1. The number of carbonyl (C=O) groups excluding carboxylic acids is 1. The molecule has 148 valence electrons. The van der Waals surface area contributed by atoms with E-state index in [1.165, 1.54) is 0 Å². The Bertz CT molecular complexity index is 817. The van der Waals surface area contributed by atoms with Crippen LogP contribution in [0.3, 0.4) is 0 Å². The SMILES string of the molecule is CC1(C(=O)O)CCCN(C(=O)CCc2ccc(S(=O)(=O)NC3CC3)cc2)C1. The summed E-state index contributed by atoms with van der Waals surface area (Å²) in [4.78, 5) is 25.7. The molecule has 7 nitrogen and oxygen atoms in total. The zero-order valence-corrected chi connectivity index (χ0v) is 16.3. The third-order valence-corrected chi connectivity index (χ3v) is 6.86. The van der Waals surface area contributed by atoms with Gasteiger partial charge in [0, 0.05) is 25.6 Å². The average molecular weight is 394 g/mol. The molecule has 1 unspecified atom stereocenters. The molecule has 2 aliphatic rings. The molecule has 1 aromatic carbocycles. The Kier molecular flexibility index (Phi) is 5.58. The number of carboxylic acid groups (broad SMARTS) is 1. The van der Waals surface area contributed by atoms with Crippen LogP contribution in [0.1, 0.15) is 44.6 Å². The van der Waals surface area contributed by atoms with E-state index in [1.54, 1.807) is 36.1 Å². The van der Waals surface area contributed by atoms with E-state index in [9.17, 15) is 23.1 Å². The van der Waals surface area contributed by atoms with Crippen LogP contribution in [0, 0.1) is 5.41 Å². The fraction of sp³-hybridized carbons (Fsp3) is 0.579. The van der Waals surface area contributed by atoms with E-state index in [1.807, 2.05) is 0 Å². The number of carbonyl (C=O) groups is 2. The zero-order chi connectivity index (χ0) is 19.7. The minimum absolute atomic E-state index is 0.0609. The molecule has 1 aliphatic heterocycles. The van der Waals surface area contributed by atoms with Crippen molar-refractivity contribution in [3.05, 3.63) is 29.8 Å². The molecule has 1 amide bonds. The van der Waals surface area contributed by atoms with E-state index in [0.717, 1.165) is 18.4 Å². The summed E-state index contributed by atoms with van der Waals surface area (Å²) in [6.45, 7) is 2.51. The molecule has 8 heteroatoms. The number of piperidine rings is 1. The quantitative estimate of drug-likeness (QED) is 0.734. The van der Waals surface area contributed by atoms with Gasteiger partial charge in [-0.2, -0.15) is 0 Å². The molecule has 2 fully saturated rings. The van der Waals surface area contributed by atoms with Crippen molar-refractivity contribution < 1.29 is 23.1 Å². The first-order valence-electron chi connectivity index (χ1n) is 9.32. The maximum Gasteiger partial charge on any atom is 0.311 e. The van der Waals surface area contributed by atoms with Crippen LogP contribution in [0.15, 0.2) is 29.2 Å². The molecule has 27 heavy (non-hydrogen) atoms. The Hall–Kier alpha value is -1.93. The molecule has 1 aromatic rings. The van der Waals surface area contributed by atoms with E-state index in [-0.39, 0.29) is 29.8 Å². The Morgan fingerprint density at radius 3 is 2.52 bits per heavy atom. The van der Waals surface area contributed by atoms with Crippen LogP contribution >= 0.6 is 0 Å². The summed E-state index contributed by atoms with van der Waals surface area (Å²) in [6, 6.07) is 6.65. The lowest BCUT2D eigenvalue weighted by Gasteiger charge is -2.37. The molecular weight excluding hydrogens is 368 g/mol. The monoisotopic (exact) mass is 394 g/mol. The van der Waals surface area contributed by atoms with Crippen molar-refractivity contribution in [2.75, 3.05) is 13.1 Å². The summed E-state index contributed by atoms with van der Waals surface area (Å²) in [5.74, 6) is -0.925. The van der Waals surface area contributed by atoms with Crippen molar-refractivity contribution in [2.24, 2.45) is 5.41 Å². The van der Waals surface area contributed by atoms with Gasteiger partial charge in [-0.05, 0) is 56.7 Å². The first kappa shape index (κ1) is 19.8. The van der Waals surface area contributed by atoms with E-state index in [2.05, 4.69) is 4.72 Å². The van der Waals surface area contributed by atoms with E-state index < -0.39 is 21.4 Å². The van der Waals surface area contributed by atoms with Gasteiger partial charge in [-0.1, -0.05) is 12.1 Å². The normalized spacial score (nSPS) is 23.2. The molecule has 1 heterocycles. The van der Waals surface area contributed by atoms with Crippen molar-refractivity contribution in [1.29, 1.82) is 0 Å². The summed E-state index contributed by atoms with van der Waals surface area (Å²) in [5.41, 5.74) is 0.00472. The second-order valence-electron chi connectivity index (χ2n) is 7.82. The fourth-order valence-corrected chi connectivity index (χ4v) is 4.67. The lowest BCUT2D eigenvalue weighted by Crippen LogP contribution is -2.48. The molecule has 1 atom stereocenters. The summed E-state index contributed by atoms with van der Waals surface area (Å²) in [7, 11) is -3.46. The minimum Gasteiger partial charge on any atom is -0.481 e. The molecule has 1 saturated carbocycles. The van der Waals surface area contributed by atoms with Crippen molar-refractivity contribution in [3.63, 3.8) is 0 Å². The fourth-order valence-electron chi connectivity index (χ4n) is 3.36. The third-order valence-electron chi connectivity index (χ3n) is 5.33. The Balaban J connectivity index is 1.55. The number of hydrogen-bond donors (Lipinski definition) is 2. The predicted molar refractivity (Wildman–Crippen MR) is 99.7 cm³/mol. The van der Waals surface area contributed by atoms with Crippen LogP contribution in [0.5, 0.6) is 0 Å². The van der Waals surface area contributed by atoms with E-state index in [0.29, 0.717) is 25.8 Å². The van der Waals surface area contributed by atoms with Crippen LogP contribution in [-0.2, 0) is 26.0 Å². The second kappa shape index (κ2) is 7.59. The van der Waals surface area contributed by atoms with E-state index >= 15 is 0 Å². The van der Waals surface area contributed by atoms with Gasteiger partial charge in [-0.15, -0.1) is 0 Å². The third kappa shape index (κ3) is 4.87. The standard InChI is InChI=1S/C19H26N2O5S/c1-19(18(23)24)11-2-12-21(13-19)17(22)10-5-14-3-8-16(9-4-14)27(25,26)20-15-6-7-15/h3-4,8-9,15,20H,2,5-7,10-13H2,1H3,(H,23,24). The number of aliphatic carboxylic acids is 1. The molecule has 0 spiro atoms. The summed E-state index contributed by atoms with van der Waals surface area (Å²) < 4.78 is 27.0. The molecule has 0 bridgehead atoms. The lowest BCUT2D eigenvalue weighted by atomic mass is 9.82. The van der Waals surface area contributed by atoms with Crippen LogP contribution in [-0.4, -0.2) is 49.4 Å². The van der Waals surface area contributed by atoms with Gasteiger partial charge in [0.05, 0.1) is 10.3 Å². The zero-order valence-electron chi connectivity index (χ0n) is 15.5. The molecule has 0 aromatic heterocycles. The van der Waals surface area contributed by atoms with Crippen molar-refractivity contribution >= 4 is 21.9 Å². The van der Waals surface area contributed by atoms with Crippen molar-refractivity contribution in [3.8, 4) is 0 Å². The smallest absolute Gasteiger partial charge is 0.311 e. The number of hydrogen-bond acceptors (Lipinski definition) is 4. The van der Waals surface area contributed by atoms with Gasteiger partial charge in [0.25, 0.3) is 0 Å². The number of sulfonamides is 1. The van der Waals surface area contributed by atoms with Crippen molar-refractivity contribution in [2.45, 2.75) is 56.4 Å². The van der Waals surface area contributed by atoms with Crippen molar-refractivity contribution in [1.82, 2.24) is 9.62 Å². The van der Waals surface area contributed by atoms with Gasteiger partial charge in [-0.3, -0.25) is 9.59 Å². The number of rotatable bonds is 7. The highest BCUT2D eigenvalue weighted by Crippen LogP contribution is 2.30.